The summed E-state index contributed by atoms with van der Waals surface area (Å²) in [6, 6.07) is 9.40. The van der Waals surface area contributed by atoms with Crippen LogP contribution in [0.15, 0.2) is 51.4 Å². The number of rotatable bonds is 3. The smallest absolute Gasteiger partial charge is 0.247 e. The van der Waals surface area contributed by atoms with Gasteiger partial charge in [0.25, 0.3) is 0 Å². The van der Waals surface area contributed by atoms with Gasteiger partial charge in [-0.1, -0.05) is 0 Å². The highest BCUT2D eigenvalue weighted by Gasteiger charge is 2.13. The van der Waals surface area contributed by atoms with Gasteiger partial charge in [0.1, 0.15) is 12.2 Å². The fourth-order valence-electron chi connectivity index (χ4n) is 2.05. The lowest BCUT2D eigenvalue weighted by Crippen LogP contribution is -1.88. The molecule has 4 rings (SSSR count). The van der Waals surface area contributed by atoms with E-state index in [1.807, 2.05) is 0 Å². The molecule has 6 nitrogen and oxygen atoms in total. The molecule has 0 spiro atoms. The van der Waals surface area contributed by atoms with Crippen LogP contribution in [0.4, 0.5) is 4.39 Å². The monoisotopic (exact) mass is 296 g/mol. The topological polar surface area (TPSA) is 77.8 Å². The molecule has 0 fully saturated rings. The lowest BCUT2D eigenvalue weighted by Gasteiger charge is -1.93. The molecule has 0 aliphatic rings. The Kier molecular flexibility index (Phi) is 2.89. The predicted octanol–water partition coefficient (Wildman–Crippen LogP) is 3.00. The van der Waals surface area contributed by atoms with Crippen LogP contribution in [-0.2, 0) is 6.42 Å². The van der Waals surface area contributed by atoms with E-state index in [1.165, 1.54) is 12.1 Å². The number of hydrogen-bond acceptors (Lipinski definition) is 6. The number of benzene rings is 1. The average Bonchev–Trinajstić information content (AvgIpc) is 3.14. The Labute approximate surface area is 123 Å². The van der Waals surface area contributed by atoms with E-state index in [1.54, 1.807) is 30.5 Å². The lowest BCUT2D eigenvalue weighted by molar-refractivity contribution is 0.476. The van der Waals surface area contributed by atoms with Gasteiger partial charge in [-0.2, -0.15) is 4.98 Å². The van der Waals surface area contributed by atoms with Crippen LogP contribution in [0.25, 0.3) is 22.7 Å². The summed E-state index contributed by atoms with van der Waals surface area (Å²) in [6.07, 6.45) is 1.92. The summed E-state index contributed by atoms with van der Waals surface area (Å²) in [7, 11) is 0. The van der Waals surface area contributed by atoms with E-state index < -0.39 is 0 Å². The van der Waals surface area contributed by atoms with Crippen molar-refractivity contribution in [1.82, 2.24) is 20.2 Å². The number of oxazole rings is 1. The molecule has 0 N–H and O–H groups in total. The van der Waals surface area contributed by atoms with Crippen LogP contribution in [0, 0.1) is 5.82 Å². The first kappa shape index (κ1) is 12.6. The fraction of sp³-hybridized carbons (Fsp3) is 0.0667. The maximum atomic E-state index is 12.9. The molecule has 3 heterocycles. The van der Waals surface area contributed by atoms with Crippen molar-refractivity contribution in [3.8, 4) is 11.5 Å². The maximum Gasteiger partial charge on any atom is 0.247 e. The molecule has 0 aliphatic carbocycles. The van der Waals surface area contributed by atoms with Crippen LogP contribution in [-0.4, -0.2) is 20.2 Å². The van der Waals surface area contributed by atoms with Crippen molar-refractivity contribution < 1.29 is 13.2 Å². The third-order valence-corrected chi connectivity index (χ3v) is 3.07. The second kappa shape index (κ2) is 5.03. The van der Waals surface area contributed by atoms with Gasteiger partial charge >= 0.3 is 0 Å². The Balaban J connectivity index is 1.60. The van der Waals surface area contributed by atoms with Crippen molar-refractivity contribution in [3.63, 3.8) is 0 Å². The second-order valence-corrected chi connectivity index (χ2v) is 4.62. The molecule has 0 amide bonds. The number of aromatic nitrogens is 4. The molecule has 0 unspecified atom stereocenters. The van der Waals surface area contributed by atoms with Crippen molar-refractivity contribution >= 4 is 11.2 Å². The SMILES string of the molecule is Fc1ccc(-c2nnc(Cc3nc4ncccc4o3)o2)cc1. The minimum absolute atomic E-state index is 0.268. The molecule has 0 saturated carbocycles. The fourth-order valence-corrected chi connectivity index (χ4v) is 2.05. The van der Waals surface area contributed by atoms with Crippen LogP contribution in [0.5, 0.6) is 0 Å². The highest BCUT2D eigenvalue weighted by molar-refractivity contribution is 5.66. The average molecular weight is 296 g/mol. The molecule has 108 valence electrons. The quantitative estimate of drug-likeness (QED) is 0.578. The predicted molar refractivity (Wildman–Crippen MR) is 74.3 cm³/mol. The van der Waals surface area contributed by atoms with Gasteiger partial charge in [0.15, 0.2) is 11.2 Å². The van der Waals surface area contributed by atoms with E-state index in [-0.39, 0.29) is 12.2 Å². The number of halogens is 1. The van der Waals surface area contributed by atoms with Crippen LogP contribution in [0.1, 0.15) is 11.8 Å². The number of pyridine rings is 1. The zero-order chi connectivity index (χ0) is 14.9. The van der Waals surface area contributed by atoms with Crippen molar-refractivity contribution in [3.05, 3.63) is 60.2 Å². The van der Waals surface area contributed by atoms with E-state index in [0.717, 1.165) is 0 Å². The molecule has 4 aromatic rings. The minimum atomic E-state index is -0.317. The highest BCUT2D eigenvalue weighted by atomic mass is 19.1. The van der Waals surface area contributed by atoms with Gasteiger partial charge < -0.3 is 8.83 Å². The second-order valence-electron chi connectivity index (χ2n) is 4.62. The zero-order valence-corrected chi connectivity index (χ0v) is 11.2. The van der Waals surface area contributed by atoms with Crippen molar-refractivity contribution in [2.24, 2.45) is 0 Å². The maximum absolute atomic E-state index is 12.9. The normalized spacial score (nSPS) is 11.1. The first-order chi connectivity index (χ1) is 10.8. The summed E-state index contributed by atoms with van der Waals surface area (Å²) >= 11 is 0. The summed E-state index contributed by atoms with van der Waals surface area (Å²) in [5.74, 6) is 0.820. The van der Waals surface area contributed by atoms with Crippen LogP contribution < -0.4 is 0 Å². The van der Waals surface area contributed by atoms with E-state index in [0.29, 0.717) is 34.5 Å². The Bertz CT molecular complexity index is 897. The minimum Gasteiger partial charge on any atom is -0.438 e. The van der Waals surface area contributed by atoms with Crippen LogP contribution in [0.3, 0.4) is 0 Å². The van der Waals surface area contributed by atoms with E-state index in [2.05, 4.69) is 20.2 Å². The van der Waals surface area contributed by atoms with Gasteiger partial charge in [-0.15, -0.1) is 10.2 Å². The summed E-state index contributed by atoms with van der Waals surface area (Å²) in [4.78, 5) is 8.34. The first-order valence-corrected chi connectivity index (χ1v) is 6.57. The molecular formula is C15H9FN4O2. The molecule has 0 radical (unpaired) electrons. The standard InChI is InChI=1S/C15H9FN4O2/c16-10-5-3-9(4-6-10)15-20-19-13(22-15)8-12-18-14-11(21-12)2-1-7-17-14/h1-7H,8H2. The van der Waals surface area contributed by atoms with Crippen LogP contribution in [0.2, 0.25) is 0 Å². The highest BCUT2D eigenvalue weighted by Crippen LogP contribution is 2.20. The molecule has 7 heteroatoms. The van der Waals surface area contributed by atoms with Gasteiger partial charge in [-0.05, 0) is 36.4 Å². The zero-order valence-electron chi connectivity index (χ0n) is 11.2. The van der Waals surface area contributed by atoms with Crippen LogP contribution >= 0.6 is 0 Å². The van der Waals surface area contributed by atoms with Gasteiger partial charge in [0.2, 0.25) is 17.7 Å². The molecule has 0 atom stereocenters. The van der Waals surface area contributed by atoms with E-state index >= 15 is 0 Å². The van der Waals surface area contributed by atoms with Gasteiger partial charge in [0.05, 0.1) is 0 Å². The Hall–Kier alpha value is -3.09. The largest absolute Gasteiger partial charge is 0.438 e. The third kappa shape index (κ3) is 2.32. The molecule has 0 aliphatic heterocycles. The molecule has 22 heavy (non-hydrogen) atoms. The molecule has 0 bridgehead atoms. The Morgan fingerprint density at radius 2 is 1.82 bits per heavy atom. The summed E-state index contributed by atoms with van der Waals surface area (Å²) < 4.78 is 24.0. The number of hydrogen-bond donors (Lipinski definition) is 0. The Morgan fingerprint density at radius 1 is 0.955 bits per heavy atom. The van der Waals surface area contributed by atoms with Gasteiger partial charge in [0, 0.05) is 11.8 Å². The number of fused-ring (bicyclic) bond motifs is 1. The summed E-state index contributed by atoms with van der Waals surface area (Å²) in [5, 5.41) is 7.89. The van der Waals surface area contributed by atoms with Crippen molar-refractivity contribution in [2.75, 3.05) is 0 Å². The van der Waals surface area contributed by atoms with Gasteiger partial charge in [-0.25, -0.2) is 9.37 Å². The summed E-state index contributed by atoms with van der Waals surface area (Å²) in [6.45, 7) is 0. The molecular weight excluding hydrogens is 287 g/mol. The van der Waals surface area contributed by atoms with E-state index in [4.69, 9.17) is 8.83 Å². The van der Waals surface area contributed by atoms with Crippen molar-refractivity contribution in [1.29, 1.82) is 0 Å². The molecule has 3 aromatic heterocycles. The van der Waals surface area contributed by atoms with E-state index in [9.17, 15) is 4.39 Å². The van der Waals surface area contributed by atoms with Crippen molar-refractivity contribution in [2.45, 2.75) is 6.42 Å². The molecule has 0 saturated heterocycles. The first-order valence-electron chi connectivity index (χ1n) is 6.57. The third-order valence-electron chi connectivity index (χ3n) is 3.07. The molecule has 1 aromatic carbocycles. The number of nitrogens with zero attached hydrogens (tertiary/aromatic N) is 4. The Morgan fingerprint density at radius 3 is 2.64 bits per heavy atom. The summed E-state index contributed by atoms with van der Waals surface area (Å²) in [5.41, 5.74) is 1.80. The lowest BCUT2D eigenvalue weighted by atomic mass is 10.2. The van der Waals surface area contributed by atoms with Gasteiger partial charge in [-0.3, -0.25) is 0 Å².